The molecule has 4 aliphatic rings. The molecule has 1 aromatic heterocycles. The molecular weight excluding hydrogens is 694 g/mol. The maximum atomic E-state index is 13.2. The first-order valence-electron chi connectivity index (χ1n) is 13.3. The van der Waals surface area contributed by atoms with Crippen LogP contribution in [0.4, 0.5) is 18.3 Å². The van der Waals surface area contributed by atoms with Crippen molar-refractivity contribution < 1.29 is 47.4 Å². The number of nitrogens with zero attached hydrogens (tertiary/aromatic N) is 6. The summed E-state index contributed by atoms with van der Waals surface area (Å²) in [5.74, 6) is -3.32. The number of rotatable bonds is 11. The minimum Gasteiger partial charge on any atom is -0.477 e. The van der Waals surface area contributed by atoms with Crippen LogP contribution in [0.1, 0.15) is 12.7 Å². The van der Waals surface area contributed by atoms with Crippen molar-refractivity contribution in [3.8, 4) is 0 Å². The number of thioether (sulfide) groups is 2. The Kier molecular flexibility index (Phi) is 11.3. The second kappa shape index (κ2) is 15.0. The third-order valence-electron chi connectivity index (χ3n) is 6.22. The number of oxime groups is 1. The summed E-state index contributed by atoms with van der Waals surface area (Å²) in [4.78, 5) is 59.5. The number of carboxylic acid groups (broad SMARTS) is 2. The fraction of sp³-hybridized carbons (Fsp3) is 0.375. The topological polar surface area (TPSA) is 242 Å². The van der Waals surface area contributed by atoms with E-state index in [2.05, 4.69) is 25.3 Å². The van der Waals surface area contributed by atoms with Crippen LogP contribution >= 0.6 is 35.1 Å². The molecule has 0 spiro atoms. The molecule has 17 nitrogen and oxygen atoms in total. The van der Waals surface area contributed by atoms with E-state index in [-0.39, 0.29) is 35.5 Å². The fourth-order valence-corrected chi connectivity index (χ4v) is 6.70. The van der Waals surface area contributed by atoms with Gasteiger partial charge in [-0.2, -0.15) is 22.5 Å². The fourth-order valence-electron chi connectivity index (χ4n) is 4.26. The van der Waals surface area contributed by atoms with E-state index in [0.717, 1.165) is 28.1 Å². The van der Waals surface area contributed by atoms with E-state index >= 15 is 0 Å². The van der Waals surface area contributed by atoms with Gasteiger partial charge in [-0.1, -0.05) is 5.16 Å². The van der Waals surface area contributed by atoms with Crippen molar-refractivity contribution in [2.24, 2.45) is 10.9 Å². The smallest absolute Gasteiger partial charge is 0.477 e. The van der Waals surface area contributed by atoms with Crippen LogP contribution < -0.4 is 22.2 Å². The van der Waals surface area contributed by atoms with Crippen LogP contribution in [0.2, 0.25) is 0 Å². The van der Waals surface area contributed by atoms with Crippen LogP contribution in [-0.2, 0) is 24.0 Å². The lowest BCUT2D eigenvalue weighted by atomic mass is 10.0. The molecule has 254 valence electrons. The standard InChI is InChI=1S/C22H26N10O5S3.C2HF3O2/c1-2-37-28-14(17-26-22(24)40-29-17)18(33)25-15-19(34)32-16(21(35)36)11(10-39-20(15)32)9-30-6-7-31-13(30)4-3-12(27-31)38-8-5-23;3-2(4,5)1(6)7/h3-4,6-7,15,20,27H,2,5,8-10,23H2,1H3,(H,25,33)(H,35,36)(H2,24,26,29);(H,6,7)/b28-14-;/t15-,20+;/m1./s1. The molecule has 0 unspecified atom stereocenters. The number of alkyl halides is 3. The van der Waals surface area contributed by atoms with Crippen molar-refractivity contribution in [1.82, 2.24) is 34.9 Å². The summed E-state index contributed by atoms with van der Waals surface area (Å²) in [5, 5.41) is 25.9. The molecule has 0 aliphatic carbocycles. The van der Waals surface area contributed by atoms with Crippen molar-refractivity contribution in [3.05, 3.63) is 52.5 Å². The highest BCUT2D eigenvalue weighted by Crippen LogP contribution is 2.41. The maximum Gasteiger partial charge on any atom is 0.490 e. The Morgan fingerprint density at radius 3 is 2.60 bits per heavy atom. The molecule has 8 N–H and O–H groups in total. The van der Waals surface area contributed by atoms with Crippen molar-refractivity contribution in [2.45, 2.75) is 24.5 Å². The third kappa shape index (κ3) is 8.09. The second-order valence-corrected chi connectivity index (χ2v) is 12.4. The predicted octanol–water partition coefficient (Wildman–Crippen LogP) is 0.215. The third-order valence-corrected chi connectivity index (χ3v) is 9.08. The minimum atomic E-state index is -5.08. The Morgan fingerprint density at radius 2 is 2.00 bits per heavy atom. The molecule has 0 saturated carbocycles. The summed E-state index contributed by atoms with van der Waals surface area (Å²) in [6.45, 7) is 2.72. The predicted molar refractivity (Wildman–Crippen MR) is 164 cm³/mol. The molecule has 0 radical (unpaired) electrons. The lowest BCUT2D eigenvalue weighted by Crippen LogP contribution is -2.71. The number of carboxylic acids is 2. The Balaban J connectivity index is 0.000000644. The van der Waals surface area contributed by atoms with Gasteiger partial charge in [-0.15, -0.1) is 23.5 Å². The number of aliphatic carboxylic acids is 2. The van der Waals surface area contributed by atoms with Gasteiger partial charge in [0, 0.05) is 48.5 Å². The highest BCUT2D eigenvalue weighted by atomic mass is 32.2. The number of amides is 2. The van der Waals surface area contributed by atoms with Gasteiger partial charge >= 0.3 is 18.1 Å². The number of hydrogen-bond acceptors (Lipinski definition) is 16. The zero-order chi connectivity index (χ0) is 34.5. The first-order chi connectivity index (χ1) is 22.3. The quantitative estimate of drug-likeness (QED) is 0.102. The molecule has 4 aliphatic heterocycles. The van der Waals surface area contributed by atoms with Gasteiger partial charge in [0.15, 0.2) is 5.13 Å². The number of fused-ring (bicyclic) bond motifs is 2. The molecule has 5 rings (SSSR count). The lowest BCUT2D eigenvalue weighted by molar-refractivity contribution is -0.192. The van der Waals surface area contributed by atoms with Crippen molar-refractivity contribution >= 4 is 69.7 Å². The van der Waals surface area contributed by atoms with E-state index < -0.39 is 41.3 Å². The van der Waals surface area contributed by atoms with E-state index in [1.54, 1.807) is 18.7 Å². The number of anilines is 1. The first-order valence-corrected chi connectivity index (χ1v) is 16.1. The Labute approximate surface area is 276 Å². The van der Waals surface area contributed by atoms with Crippen LogP contribution in [0.15, 0.2) is 51.8 Å². The molecule has 23 heteroatoms. The molecule has 1 aromatic rings. The molecule has 47 heavy (non-hydrogen) atoms. The summed E-state index contributed by atoms with van der Waals surface area (Å²) in [5.41, 5.74) is 14.8. The Bertz CT molecular complexity index is 1580. The largest absolute Gasteiger partial charge is 0.490 e. The van der Waals surface area contributed by atoms with E-state index in [1.807, 2.05) is 34.5 Å². The van der Waals surface area contributed by atoms with E-state index in [9.17, 15) is 32.7 Å². The molecule has 1 fully saturated rings. The number of nitrogens with one attached hydrogen (secondary N) is 2. The lowest BCUT2D eigenvalue weighted by Gasteiger charge is -2.49. The van der Waals surface area contributed by atoms with Gasteiger partial charge < -0.3 is 36.7 Å². The van der Waals surface area contributed by atoms with E-state index in [0.29, 0.717) is 17.9 Å². The average Bonchev–Trinajstić information content (AvgIpc) is 3.63. The van der Waals surface area contributed by atoms with E-state index in [1.165, 1.54) is 16.7 Å². The SMILES string of the molecule is CCO/N=C(\C(=O)N[C@@H]1C(=O)N2C(C(=O)O)=C(CN3C=CN4NC(SCCN)=CC=C34)CS[C@@H]12)c1nsc(N)n1.O=C(O)C(F)(F)F. The Hall–Kier alpha value is -4.48. The minimum absolute atomic E-state index is 0.0269. The number of carbonyl (C=O) groups is 4. The number of carbonyl (C=O) groups excluding carboxylic acids is 2. The summed E-state index contributed by atoms with van der Waals surface area (Å²) < 4.78 is 35.7. The van der Waals surface area contributed by atoms with Crippen LogP contribution in [0, 0.1) is 0 Å². The zero-order valence-electron chi connectivity index (χ0n) is 24.1. The molecule has 1 saturated heterocycles. The summed E-state index contributed by atoms with van der Waals surface area (Å²) in [7, 11) is 0. The van der Waals surface area contributed by atoms with Crippen LogP contribution in [0.3, 0.4) is 0 Å². The monoisotopic (exact) mass is 720 g/mol. The van der Waals surface area contributed by atoms with Gasteiger partial charge in [-0.3, -0.25) is 19.9 Å². The maximum absolute atomic E-state index is 13.2. The van der Waals surface area contributed by atoms with Crippen molar-refractivity contribution in [2.75, 3.05) is 36.9 Å². The van der Waals surface area contributed by atoms with E-state index in [4.69, 9.17) is 26.2 Å². The molecular formula is C24H27F3N10O7S3. The number of hydrazine groups is 1. The first kappa shape index (κ1) is 35.4. The molecule has 2 amide bonds. The van der Waals surface area contributed by atoms with Gasteiger partial charge in [0.25, 0.3) is 11.8 Å². The Morgan fingerprint density at radius 1 is 1.28 bits per heavy atom. The van der Waals surface area contributed by atoms with Gasteiger partial charge in [0.2, 0.25) is 11.5 Å². The highest BCUT2D eigenvalue weighted by Gasteiger charge is 2.54. The second-order valence-electron chi connectivity index (χ2n) is 9.34. The highest BCUT2D eigenvalue weighted by molar-refractivity contribution is 8.03. The number of β-lactam (4-membered cyclic amide) rings is 1. The van der Waals surface area contributed by atoms with Crippen LogP contribution in [0.5, 0.6) is 0 Å². The number of nitrogen functional groups attached to an aromatic ring is 1. The number of allylic oxidation sites excluding steroid dienone is 2. The summed E-state index contributed by atoms with van der Waals surface area (Å²) >= 11 is 3.86. The number of halogens is 3. The zero-order valence-corrected chi connectivity index (χ0v) is 26.6. The molecule has 0 aromatic carbocycles. The van der Waals surface area contributed by atoms with Gasteiger partial charge in [-0.05, 0) is 24.6 Å². The van der Waals surface area contributed by atoms with Crippen molar-refractivity contribution in [1.29, 1.82) is 0 Å². The normalized spacial score (nSPS) is 20.2. The average molecular weight is 721 g/mol. The summed E-state index contributed by atoms with van der Waals surface area (Å²) in [6.07, 6.45) is 2.47. The van der Waals surface area contributed by atoms with Crippen LogP contribution in [-0.4, -0.2) is 113 Å². The van der Waals surface area contributed by atoms with Crippen LogP contribution in [0.25, 0.3) is 0 Å². The molecule has 0 bridgehead atoms. The van der Waals surface area contributed by atoms with Crippen molar-refractivity contribution in [3.63, 3.8) is 0 Å². The number of aromatic nitrogens is 2. The summed E-state index contributed by atoms with van der Waals surface area (Å²) in [6, 6.07) is -0.960. The molecule has 5 heterocycles. The molecule has 2 atom stereocenters. The van der Waals surface area contributed by atoms with Gasteiger partial charge in [0.05, 0.1) is 5.03 Å². The number of hydrogen-bond donors (Lipinski definition) is 6. The number of nitrogens with two attached hydrogens (primary N) is 2. The van der Waals surface area contributed by atoms with Gasteiger partial charge in [-0.25, -0.2) is 14.6 Å². The van der Waals surface area contributed by atoms with Gasteiger partial charge in [0.1, 0.15) is 29.5 Å².